The summed E-state index contributed by atoms with van der Waals surface area (Å²) in [5.74, 6) is 0.247. The topological polar surface area (TPSA) is 237 Å². The number of carbonyl (C=O) groups is 4. The molecule has 6 atom stereocenters. The van der Waals surface area contributed by atoms with Gasteiger partial charge in [0.1, 0.15) is 19.3 Å². The molecule has 0 aromatic rings. The molecule has 0 aliphatic carbocycles. The fraction of sp³-hybridized carbons (Fsp3) is 0.950. The second kappa shape index (κ2) is 70.4. The smallest absolute Gasteiger partial charge is 0.462 e. The third-order valence-electron chi connectivity index (χ3n) is 19.0. The molecule has 0 aromatic heterocycles. The first-order valence-corrected chi connectivity index (χ1v) is 44.4. The van der Waals surface area contributed by atoms with Crippen molar-refractivity contribution in [1.29, 1.82) is 0 Å². The Labute approximate surface area is 607 Å². The Kier molecular flexibility index (Phi) is 69.0. The zero-order valence-electron chi connectivity index (χ0n) is 65.0. The van der Waals surface area contributed by atoms with Gasteiger partial charge in [0.25, 0.3) is 0 Å². The van der Waals surface area contributed by atoms with E-state index in [0.717, 1.165) is 108 Å². The van der Waals surface area contributed by atoms with E-state index in [1.54, 1.807) is 0 Å². The Bertz CT molecular complexity index is 1920. The summed E-state index contributed by atoms with van der Waals surface area (Å²) in [7, 11) is -9.92. The first-order chi connectivity index (χ1) is 47.8. The van der Waals surface area contributed by atoms with E-state index in [1.807, 2.05) is 0 Å². The van der Waals surface area contributed by atoms with Crippen LogP contribution in [0.5, 0.6) is 0 Å². The van der Waals surface area contributed by atoms with Crippen molar-refractivity contribution in [2.75, 3.05) is 39.6 Å². The molecule has 0 rings (SSSR count). The molecule has 0 aliphatic rings. The number of unbranched alkanes of at least 4 members (excludes halogenated alkanes) is 45. The lowest BCUT2D eigenvalue weighted by Crippen LogP contribution is -2.30. The van der Waals surface area contributed by atoms with Crippen molar-refractivity contribution in [3.63, 3.8) is 0 Å². The summed E-state index contributed by atoms with van der Waals surface area (Å²) in [6, 6.07) is 0. The molecular weight excluding hydrogens is 1290 g/mol. The van der Waals surface area contributed by atoms with Crippen molar-refractivity contribution < 1.29 is 80.2 Å². The Balaban J connectivity index is 5.26. The summed E-state index contributed by atoms with van der Waals surface area (Å²) in [5, 5.41) is 10.6. The second-order valence-electron chi connectivity index (χ2n) is 30.0. The molecule has 19 heteroatoms. The molecule has 0 fully saturated rings. The monoisotopic (exact) mass is 1450 g/mol. The van der Waals surface area contributed by atoms with Crippen LogP contribution in [0.3, 0.4) is 0 Å². The summed E-state index contributed by atoms with van der Waals surface area (Å²) < 4.78 is 68.7. The molecule has 3 unspecified atom stereocenters. The maximum absolute atomic E-state index is 13.1. The largest absolute Gasteiger partial charge is 0.472 e. The molecule has 0 saturated carbocycles. The van der Waals surface area contributed by atoms with Gasteiger partial charge in [0.2, 0.25) is 0 Å². The number of phosphoric ester groups is 2. The SMILES string of the molecule is CCCCCCCCCCCCCCCCC(=O)O[C@H](COC(=O)CCCCCCCCCCC(C)CC)COP(=O)(O)OC[C@H](O)COP(=O)(O)OC[C@@H](COC(=O)CCCCCCCCCCCCCC(C)C)OC(=O)CCCCCCCCCCCCCCCCCCC(C)C. The van der Waals surface area contributed by atoms with E-state index in [2.05, 4.69) is 48.5 Å². The number of aliphatic hydroxyl groups is 1. The number of ether oxygens (including phenoxy) is 4. The average molecular weight is 1450 g/mol. The van der Waals surface area contributed by atoms with Crippen molar-refractivity contribution >= 4 is 39.5 Å². The normalized spacial score (nSPS) is 14.3. The van der Waals surface area contributed by atoms with Gasteiger partial charge >= 0.3 is 39.5 Å². The highest BCUT2D eigenvalue weighted by Gasteiger charge is 2.30. The molecule has 17 nitrogen and oxygen atoms in total. The summed E-state index contributed by atoms with van der Waals surface area (Å²) in [6.45, 7) is 12.0. The van der Waals surface area contributed by atoms with E-state index >= 15 is 0 Å². The molecule has 0 aliphatic heterocycles. The summed E-state index contributed by atoms with van der Waals surface area (Å²) in [6.07, 6.45) is 58.1. The minimum atomic E-state index is -4.96. The quantitative estimate of drug-likeness (QED) is 0.0222. The van der Waals surface area contributed by atoms with Crippen molar-refractivity contribution in [3.8, 4) is 0 Å². The summed E-state index contributed by atoms with van der Waals surface area (Å²) in [4.78, 5) is 73.0. The standard InChI is InChI=1S/C80H156O17P2/c1-8-10-11-12-13-14-15-16-22-27-33-42-49-56-63-79(84)97-76(68-91-78(83)62-55-48-41-36-35-39-46-53-60-73(7)9-2)70-95-99(88,89)93-66-74(81)65-92-98(86,87)94-69-75(67-90-77(82)61-54-47-40-32-29-24-26-31-38-45-52-59-72(5)6)96-80(85)64-57-50-43-34-28-23-20-18-17-19-21-25-30-37-44-51-58-71(3)4/h71-76,81H,8-70H2,1-7H3,(H,86,87)(H,88,89)/t73?,74-,75-,76-/m1/s1. The van der Waals surface area contributed by atoms with Crippen LogP contribution in [0.15, 0.2) is 0 Å². The number of rotatable bonds is 78. The predicted molar refractivity (Wildman–Crippen MR) is 405 cm³/mol. The average Bonchev–Trinajstić information content (AvgIpc) is 1.14. The van der Waals surface area contributed by atoms with Gasteiger partial charge in [-0.15, -0.1) is 0 Å². The molecule has 0 heterocycles. The Morgan fingerprint density at radius 3 is 0.768 bits per heavy atom. The zero-order valence-corrected chi connectivity index (χ0v) is 66.8. The number of aliphatic hydroxyl groups excluding tert-OH is 1. The number of esters is 4. The summed E-state index contributed by atoms with van der Waals surface area (Å²) >= 11 is 0. The number of carbonyl (C=O) groups excluding carboxylic acids is 4. The predicted octanol–water partition coefficient (Wildman–Crippen LogP) is 23.7. The minimum Gasteiger partial charge on any atom is -0.462 e. The van der Waals surface area contributed by atoms with Crippen LogP contribution in [0.4, 0.5) is 0 Å². The first-order valence-electron chi connectivity index (χ1n) is 41.4. The van der Waals surface area contributed by atoms with E-state index in [9.17, 15) is 43.2 Å². The maximum Gasteiger partial charge on any atom is 0.472 e. The highest BCUT2D eigenvalue weighted by Crippen LogP contribution is 2.45. The fourth-order valence-electron chi connectivity index (χ4n) is 12.3. The minimum absolute atomic E-state index is 0.107. The van der Waals surface area contributed by atoms with E-state index in [-0.39, 0.29) is 25.7 Å². The van der Waals surface area contributed by atoms with Gasteiger partial charge in [-0.05, 0) is 43.4 Å². The van der Waals surface area contributed by atoms with Gasteiger partial charge < -0.3 is 33.8 Å². The maximum atomic E-state index is 13.1. The van der Waals surface area contributed by atoms with Crippen LogP contribution in [-0.2, 0) is 65.4 Å². The lowest BCUT2D eigenvalue weighted by molar-refractivity contribution is -0.161. The van der Waals surface area contributed by atoms with Gasteiger partial charge in [0.05, 0.1) is 26.4 Å². The molecule has 0 radical (unpaired) electrons. The van der Waals surface area contributed by atoms with Gasteiger partial charge in [-0.2, -0.15) is 0 Å². The third-order valence-corrected chi connectivity index (χ3v) is 20.9. The van der Waals surface area contributed by atoms with Crippen molar-refractivity contribution in [1.82, 2.24) is 0 Å². The Morgan fingerprint density at radius 2 is 0.515 bits per heavy atom. The Morgan fingerprint density at radius 1 is 0.293 bits per heavy atom. The third kappa shape index (κ3) is 72.8. The van der Waals surface area contributed by atoms with Crippen LogP contribution in [0.25, 0.3) is 0 Å². The lowest BCUT2D eigenvalue weighted by atomic mass is 9.99. The lowest BCUT2D eigenvalue weighted by Gasteiger charge is -2.21. The van der Waals surface area contributed by atoms with E-state index < -0.39 is 97.5 Å². The molecule has 0 aromatic carbocycles. The number of phosphoric acid groups is 2. The van der Waals surface area contributed by atoms with Crippen LogP contribution in [0.2, 0.25) is 0 Å². The molecule has 0 saturated heterocycles. The molecule has 3 N–H and O–H groups in total. The van der Waals surface area contributed by atoms with Crippen molar-refractivity contribution in [3.05, 3.63) is 0 Å². The van der Waals surface area contributed by atoms with Crippen LogP contribution in [0, 0.1) is 17.8 Å². The van der Waals surface area contributed by atoms with Gasteiger partial charge in [0.15, 0.2) is 12.2 Å². The van der Waals surface area contributed by atoms with Gasteiger partial charge in [-0.1, -0.05) is 363 Å². The molecule has 99 heavy (non-hydrogen) atoms. The van der Waals surface area contributed by atoms with E-state index in [0.29, 0.717) is 25.7 Å². The fourth-order valence-corrected chi connectivity index (χ4v) is 13.9. The van der Waals surface area contributed by atoms with E-state index in [1.165, 1.54) is 225 Å². The second-order valence-corrected chi connectivity index (χ2v) is 32.9. The molecule has 0 bridgehead atoms. The van der Waals surface area contributed by atoms with Gasteiger partial charge in [0, 0.05) is 25.7 Å². The summed E-state index contributed by atoms with van der Waals surface area (Å²) in [5.41, 5.74) is 0. The molecule has 588 valence electrons. The van der Waals surface area contributed by atoms with E-state index in [4.69, 9.17) is 37.0 Å². The van der Waals surface area contributed by atoms with Crippen LogP contribution in [0.1, 0.15) is 414 Å². The highest BCUT2D eigenvalue weighted by atomic mass is 31.2. The first kappa shape index (κ1) is 97.1. The van der Waals surface area contributed by atoms with Crippen LogP contribution < -0.4 is 0 Å². The van der Waals surface area contributed by atoms with Gasteiger partial charge in [-0.25, -0.2) is 9.13 Å². The Hall–Kier alpha value is -1.94. The van der Waals surface area contributed by atoms with Crippen LogP contribution >= 0.6 is 15.6 Å². The number of hydrogen-bond acceptors (Lipinski definition) is 15. The zero-order chi connectivity index (χ0) is 73.0. The van der Waals surface area contributed by atoms with Crippen LogP contribution in [-0.4, -0.2) is 96.7 Å². The molecule has 0 amide bonds. The van der Waals surface area contributed by atoms with Crippen molar-refractivity contribution in [2.45, 2.75) is 433 Å². The highest BCUT2D eigenvalue weighted by molar-refractivity contribution is 7.47. The number of hydrogen-bond donors (Lipinski definition) is 3. The molecular formula is C80H156O17P2. The van der Waals surface area contributed by atoms with Gasteiger partial charge in [-0.3, -0.25) is 37.3 Å². The molecule has 0 spiro atoms. The van der Waals surface area contributed by atoms with Crippen molar-refractivity contribution in [2.24, 2.45) is 17.8 Å².